The zero-order valence-electron chi connectivity index (χ0n) is 8.37. The van der Waals surface area contributed by atoms with Crippen LogP contribution in [0.1, 0.15) is 18.5 Å². The lowest BCUT2D eigenvalue weighted by molar-refractivity contribution is -0.126. The predicted octanol–water partition coefficient (Wildman–Crippen LogP) is 1.41. The van der Waals surface area contributed by atoms with Crippen LogP contribution in [-0.4, -0.2) is 12.5 Å². The topological polar surface area (TPSA) is 64.3 Å². The number of benzene rings is 1. The molecule has 1 atom stereocenters. The Balaban J connectivity index is 2.46. The second-order valence-corrected chi connectivity index (χ2v) is 3.59. The molecule has 0 aliphatic heterocycles. The van der Waals surface area contributed by atoms with Crippen molar-refractivity contribution in [3.8, 4) is 0 Å². The Morgan fingerprint density at radius 2 is 2.40 bits per heavy atom. The van der Waals surface area contributed by atoms with Crippen LogP contribution in [0.25, 0.3) is 0 Å². The normalized spacial score (nSPS) is 12.4. The van der Waals surface area contributed by atoms with Crippen LogP contribution in [0.4, 0.5) is 0 Å². The van der Waals surface area contributed by atoms with Gasteiger partial charge in [0.25, 0.3) is 0 Å². The fourth-order valence-electron chi connectivity index (χ4n) is 1.08. The summed E-state index contributed by atoms with van der Waals surface area (Å²) in [6, 6.07) is 7.33. The standard InChI is InChI=1S/C10H13ClN2O2/c1-7(13-15-6-10(12)14)8-3-2-4-9(11)5-8/h2-5,7,13H,6H2,1H3,(H2,12,14). The Morgan fingerprint density at radius 1 is 1.67 bits per heavy atom. The summed E-state index contributed by atoms with van der Waals surface area (Å²) in [5.74, 6) is -0.513. The van der Waals surface area contributed by atoms with Gasteiger partial charge < -0.3 is 5.73 Å². The van der Waals surface area contributed by atoms with Crippen LogP contribution in [0.15, 0.2) is 24.3 Å². The smallest absolute Gasteiger partial charge is 0.245 e. The number of carbonyl (C=O) groups is 1. The molecular weight excluding hydrogens is 216 g/mol. The van der Waals surface area contributed by atoms with Crippen LogP contribution in [0.5, 0.6) is 0 Å². The number of nitrogens with two attached hydrogens (primary N) is 1. The van der Waals surface area contributed by atoms with E-state index in [9.17, 15) is 4.79 Å². The van der Waals surface area contributed by atoms with E-state index in [1.165, 1.54) is 0 Å². The molecule has 4 nitrogen and oxygen atoms in total. The third kappa shape index (κ3) is 4.29. The fraction of sp³-hybridized carbons (Fsp3) is 0.300. The molecule has 0 saturated heterocycles. The summed E-state index contributed by atoms with van der Waals surface area (Å²) in [5, 5.41) is 0.663. The first kappa shape index (κ1) is 12.0. The quantitative estimate of drug-likeness (QED) is 0.749. The first-order chi connectivity index (χ1) is 7.09. The van der Waals surface area contributed by atoms with E-state index in [0.717, 1.165) is 5.56 Å². The van der Waals surface area contributed by atoms with Crippen molar-refractivity contribution in [2.45, 2.75) is 13.0 Å². The van der Waals surface area contributed by atoms with Gasteiger partial charge in [-0.3, -0.25) is 9.63 Å². The summed E-state index contributed by atoms with van der Waals surface area (Å²) >= 11 is 5.83. The summed E-state index contributed by atoms with van der Waals surface area (Å²) in [6.45, 7) is 1.75. The van der Waals surface area contributed by atoms with Gasteiger partial charge in [0.15, 0.2) is 0 Å². The third-order valence-electron chi connectivity index (χ3n) is 1.82. The average molecular weight is 229 g/mol. The maximum Gasteiger partial charge on any atom is 0.245 e. The molecule has 1 aromatic rings. The van der Waals surface area contributed by atoms with Gasteiger partial charge in [-0.25, -0.2) is 0 Å². The number of hydrogen-bond donors (Lipinski definition) is 2. The molecule has 1 amide bonds. The fourth-order valence-corrected chi connectivity index (χ4v) is 1.28. The van der Waals surface area contributed by atoms with Crippen molar-refractivity contribution in [3.05, 3.63) is 34.9 Å². The maximum atomic E-state index is 10.4. The van der Waals surface area contributed by atoms with E-state index in [-0.39, 0.29) is 12.6 Å². The van der Waals surface area contributed by atoms with Gasteiger partial charge in [0.2, 0.25) is 5.91 Å². The number of hydroxylamine groups is 1. The van der Waals surface area contributed by atoms with Crippen LogP contribution in [0, 0.1) is 0 Å². The Hall–Kier alpha value is -1.10. The lowest BCUT2D eigenvalue weighted by atomic mass is 10.1. The molecule has 0 spiro atoms. The number of primary amides is 1. The molecule has 0 radical (unpaired) electrons. The van der Waals surface area contributed by atoms with Crippen LogP contribution < -0.4 is 11.2 Å². The van der Waals surface area contributed by atoms with E-state index in [0.29, 0.717) is 5.02 Å². The molecule has 1 aromatic carbocycles. The van der Waals surface area contributed by atoms with Crippen LogP contribution >= 0.6 is 11.6 Å². The first-order valence-electron chi connectivity index (χ1n) is 4.50. The van der Waals surface area contributed by atoms with Crippen molar-refractivity contribution in [2.24, 2.45) is 5.73 Å². The molecule has 1 unspecified atom stereocenters. The Kier molecular flexibility index (Phi) is 4.55. The third-order valence-corrected chi connectivity index (χ3v) is 2.06. The van der Waals surface area contributed by atoms with Crippen molar-refractivity contribution < 1.29 is 9.63 Å². The van der Waals surface area contributed by atoms with Gasteiger partial charge in [-0.05, 0) is 24.6 Å². The molecule has 0 aliphatic rings. The number of carbonyl (C=O) groups excluding carboxylic acids is 1. The average Bonchev–Trinajstić information content (AvgIpc) is 2.17. The molecule has 0 aliphatic carbocycles. The summed E-state index contributed by atoms with van der Waals surface area (Å²) in [5.41, 5.74) is 8.59. The second kappa shape index (κ2) is 5.70. The van der Waals surface area contributed by atoms with Gasteiger partial charge in [-0.2, -0.15) is 5.48 Å². The maximum absolute atomic E-state index is 10.4. The van der Waals surface area contributed by atoms with E-state index < -0.39 is 5.91 Å². The van der Waals surface area contributed by atoms with Gasteiger partial charge in [0.05, 0.1) is 6.04 Å². The molecule has 0 fully saturated rings. The van der Waals surface area contributed by atoms with Gasteiger partial charge in [0, 0.05) is 5.02 Å². The molecular formula is C10H13ClN2O2. The largest absolute Gasteiger partial charge is 0.368 e. The second-order valence-electron chi connectivity index (χ2n) is 3.15. The van der Waals surface area contributed by atoms with Gasteiger partial charge >= 0.3 is 0 Å². The SMILES string of the molecule is CC(NOCC(N)=O)c1cccc(Cl)c1. The lowest BCUT2D eigenvalue weighted by Gasteiger charge is -2.13. The van der Waals surface area contributed by atoms with Gasteiger partial charge in [0.1, 0.15) is 6.61 Å². The number of amides is 1. The van der Waals surface area contributed by atoms with Crippen molar-refractivity contribution in [1.29, 1.82) is 0 Å². The molecule has 15 heavy (non-hydrogen) atoms. The Labute approximate surface area is 93.3 Å². The highest BCUT2D eigenvalue weighted by Crippen LogP contribution is 2.16. The van der Waals surface area contributed by atoms with Crippen molar-refractivity contribution in [3.63, 3.8) is 0 Å². The van der Waals surface area contributed by atoms with E-state index in [2.05, 4.69) is 5.48 Å². The van der Waals surface area contributed by atoms with Crippen molar-refractivity contribution >= 4 is 17.5 Å². The minimum atomic E-state index is -0.513. The predicted molar refractivity (Wildman–Crippen MR) is 58.1 cm³/mol. The number of hydrogen-bond acceptors (Lipinski definition) is 3. The zero-order chi connectivity index (χ0) is 11.3. The minimum Gasteiger partial charge on any atom is -0.368 e. The molecule has 0 aromatic heterocycles. The first-order valence-corrected chi connectivity index (χ1v) is 4.88. The Morgan fingerprint density at radius 3 is 3.00 bits per heavy atom. The van der Waals surface area contributed by atoms with Crippen molar-refractivity contribution in [2.75, 3.05) is 6.61 Å². The summed E-state index contributed by atoms with van der Waals surface area (Å²) in [7, 11) is 0. The molecule has 1 rings (SSSR count). The van der Waals surface area contributed by atoms with E-state index in [1.807, 2.05) is 25.1 Å². The molecule has 82 valence electrons. The van der Waals surface area contributed by atoms with Gasteiger partial charge in [-0.15, -0.1) is 0 Å². The van der Waals surface area contributed by atoms with E-state index in [4.69, 9.17) is 22.2 Å². The summed E-state index contributed by atoms with van der Waals surface area (Å²) in [4.78, 5) is 15.3. The van der Waals surface area contributed by atoms with E-state index >= 15 is 0 Å². The summed E-state index contributed by atoms with van der Waals surface area (Å²) < 4.78 is 0. The highest BCUT2D eigenvalue weighted by molar-refractivity contribution is 6.30. The number of rotatable bonds is 5. The molecule has 0 bridgehead atoms. The van der Waals surface area contributed by atoms with Crippen LogP contribution in [-0.2, 0) is 9.63 Å². The molecule has 3 N–H and O–H groups in total. The van der Waals surface area contributed by atoms with Crippen molar-refractivity contribution in [1.82, 2.24) is 5.48 Å². The molecule has 0 heterocycles. The van der Waals surface area contributed by atoms with Crippen LogP contribution in [0.3, 0.4) is 0 Å². The molecule has 0 saturated carbocycles. The monoisotopic (exact) mass is 228 g/mol. The molecule has 5 heteroatoms. The number of halogens is 1. The summed E-state index contributed by atoms with van der Waals surface area (Å²) in [6.07, 6.45) is 0. The lowest BCUT2D eigenvalue weighted by Crippen LogP contribution is -2.26. The highest BCUT2D eigenvalue weighted by Gasteiger charge is 2.05. The van der Waals surface area contributed by atoms with Crippen LogP contribution in [0.2, 0.25) is 5.02 Å². The minimum absolute atomic E-state index is 0.0527. The van der Waals surface area contributed by atoms with E-state index in [1.54, 1.807) is 6.07 Å². The number of nitrogens with one attached hydrogen (secondary N) is 1. The highest BCUT2D eigenvalue weighted by atomic mass is 35.5. The Bertz CT molecular complexity index is 344. The van der Waals surface area contributed by atoms with Gasteiger partial charge in [-0.1, -0.05) is 23.7 Å². The zero-order valence-corrected chi connectivity index (χ0v) is 9.12.